The molecule has 1 aliphatic heterocycles. The van der Waals surface area contributed by atoms with E-state index in [-0.39, 0.29) is 37.7 Å². The highest BCUT2D eigenvalue weighted by atomic mass is 32.2. The number of amides is 1. The number of hydrogen-bond donors (Lipinski definition) is 1. The molecule has 1 N–H and O–H groups in total. The molecule has 1 saturated heterocycles. The van der Waals surface area contributed by atoms with Crippen molar-refractivity contribution in [2.75, 3.05) is 43.0 Å². The molecule has 0 aliphatic carbocycles. The van der Waals surface area contributed by atoms with E-state index >= 15 is 0 Å². The lowest BCUT2D eigenvalue weighted by Gasteiger charge is -2.35. The average Bonchev–Trinajstić information content (AvgIpc) is 2.79. The summed E-state index contributed by atoms with van der Waals surface area (Å²) in [6, 6.07) is 10.4. The fourth-order valence-electron chi connectivity index (χ4n) is 3.47. The summed E-state index contributed by atoms with van der Waals surface area (Å²) < 4.78 is 70.9. The number of alkyl halides is 3. The Hall–Kier alpha value is -3.12. The van der Waals surface area contributed by atoms with E-state index in [1.807, 2.05) is 0 Å². The standard InChI is InChI=1S/C22H24F3N3O5S/c1-2-33-21(30)15-20(29)26-17-6-8-19(9-7-17)34(31,32)28-12-10-27(11-13-28)18-5-3-4-16(14-18)22(23,24)25/h3-9,14H,2,10-13,15H2,1H3,(H,26,29). The topological polar surface area (TPSA) is 96.0 Å². The molecule has 0 saturated carbocycles. The second kappa shape index (κ2) is 10.4. The van der Waals surface area contributed by atoms with Gasteiger partial charge in [0.05, 0.1) is 17.1 Å². The van der Waals surface area contributed by atoms with Crippen LogP contribution in [0.5, 0.6) is 0 Å². The monoisotopic (exact) mass is 499 g/mol. The fraction of sp³-hybridized carbons (Fsp3) is 0.364. The van der Waals surface area contributed by atoms with Gasteiger partial charge in [0.2, 0.25) is 15.9 Å². The van der Waals surface area contributed by atoms with Crippen molar-refractivity contribution in [3.63, 3.8) is 0 Å². The first-order valence-electron chi connectivity index (χ1n) is 10.5. The van der Waals surface area contributed by atoms with Crippen molar-refractivity contribution in [1.82, 2.24) is 4.31 Å². The van der Waals surface area contributed by atoms with Crippen LogP contribution in [0.2, 0.25) is 0 Å². The SMILES string of the molecule is CCOC(=O)CC(=O)Nc1ccc(S(=O)(=O)N2CCN(c3cccc(C(F)(F)F)c3)CC2)cc1. The molecule has 34 heavy (non-hydrogen) atoms. The van der Waals surface area contributed by atoms with Gasteiger partial charge in [-0.15, -0.1) is 0 Å². The Bertz CT molecular complexity index is 1130. The van der Waals surface area contributed by atoms with E-state index in [2.05, 4.69) is 5.32 Å². The molecular weight excluding hydrogens is 475 g/mol. The maximum atomic E-state index is 13.0. The number of rotatable bonds is 7. The van der Waals surface area contributed by atoms with Crippen LogP contribution in [0.15, 0.2) is 53.4 Å². The number of anilines is 2. The highest BCUT2D eigenvalue weighted by Crippen LogP contribution is 2.32. The Balaban J connectivity index is 1.61. The largest absolute Gasteiger partial charge is 0.466 e. The molecule has 2 aromatic rings. The molecule has 3 rings (SSSR count). The molecule has 1 amide bonds. The van der Waals surface area contributed by atoms with Gasteiger partial charge in [-0.2, -0.15) is 17.5 Å². The van der Waals surface area contributed by atoms with Gasteiger partial charge >= 0.3 is 12.1 Å². The quantitative estimate of drug-likeness (QED) is 0.465. The summed E-state index contributed by atoms with van der Waals surface area (Å²) in [6.07, 6.45) is -4.91. The second-order valence-corrected chi connectivity index (χ2v) is 9.43. The third-order valence-electron chi connectivity index (χ3n) is 5.16. The van der Waals surface area contributed by atoms with E-state index in [4.69, 9.17) is 4.74 Å². The van der Waals surface area contributed by atoms with Crippen LogP contribution < -0.4 is 10.2 Å². The highest BCUT2D eigenvalue weighted by Gasteiger charge is 2.32. The van der Waals surface area contributed by atoms with Gasteiger partial charge in [0.1, 0.15) is 6.42 Å². The molecule has 2 aromatic carbocycles. The Morgan fingerprint density at radius 2 is 1.68 bits per heavy atom. The maximum absolute atomic E-state index is 13.0. The summed E-state index contributed by atoms with van der Waals surface area (Å²) in [7, 11) is -3.83. The van der Waals surface area contributed by atoms with E-state index in [9.17, 15) is 31.2 Å². The molecule has 1 aliphatic rings. The first kappa shape index (κ1) is 25.5. The van der Waals surface area contributed by atoms with Crippen LogP contribution in [0.1, 0.15) is 18.9 Å². The molecule has 184 valence electrons. The zero-order valence-corrected chi connectivity index (χ0v) is 19.2. The maximum Gasteiger partial charge on any atom is 0.416 e. The van der Waals surface area contributed by atoms with Crippen molar-refractivity contribution < 1.29 is 35.9 Å². The molecule has 0 unspecified atom stereocenters. The smallest absolute Gasteiger partial charge is 0.416 e. The van der Waals surface area contributed by atoms with E-state index in [0.717, 1.165) is 12.1 Å². The molecular formula is C22H24F3N3O5S. The van der Waals surface area contributed by atoms with Gasteiger partial charge in [-0.1, -0.05) is 6.07 Å². The van der Waals surface area contributed by atoms with Crippen molar-refractivity contribution in [3.05, 3.63) is 54.1 Å². The van der Waals surface area contributed by atoms with Gasteiger partial charge in [0.25, 0.3) is 0 Å². The minimum absolute atomic E-state index is 0.0170. The van der Waals surface area contributed by atoms with Crippen molar-refractivity contribution in [2.24, 2.45) is 0 Å². The van der Waals surface area contributed by atoms with Gasteiger partial charge < -0.3 is 15.0 Å². The molecule has 0 radical (unpaired) electrons. The van der Waals surface area contributed by atoms with Crippen LogP contribution in [-0.2, 0) is 30.5 Å². The minimum atomic E-state index is -4.45. The Morgan fingerprint density at radius 3 is 2.26 bits per heavy atom. The number of benzene rings is 2. The van der Waals surface area contributed by atoms with Crippen LogP contribution >= 0.6 is 0 Å². The zero-order valence-electron chi connectivity index (χ0n) is 18.3. The van der Waals surface area contributed by atoms with E-state index in [1.165, 1.54) is 34.6 Å². The second-order valence-electron chi connectivity index (χ2n) is 7.49. The lowest BCUT2D eigenvalue weighted by atomic mass is 10.1. The number of piperazine rings is 1. The number of ether oxygens (including phenoxy) is 1. The van der Waals surface area contributed by atoms with Crippen molar-refractivity contribution in [3.8, 4) is 0 Å². The number of esters is 1. The third kappa shape index (κ3) is 6.26. The van der Waals surface area contributed by atoms with Crippen molar-refractivity contribution in [2.45, 2.75) is 24.4 Å². The summed E-state index contributed by atoms with van der Waals surface area (Å²) >= 11 is 0. The highest BCUT2D eigenvalue weighted by molar-refractivity contribution is 7.89. The number of hydrogen-bond acceptors (Lipinski definition) is 6. The molecule has 1 fully saturated rings. The molecule has 1 heterocycles. The van der Waals surface area contributed by atoms with Crippen LogP contribution in [0.25, 0.3) is 0 Å². The van der Waals surface area contributed by atoms with Gasteiger partial charge in [0.15, 0.2) is 0 Å². The fourth-order valence-corrected chi connectivity index (χ4v) is 4.90. The molecule has 12 heteroatoms. The average molecular weight is 500 g/mol. The predicted molar refractivity (Wildman–Crippen MR) is 119 cm³/mol. The lowest BCUT2D eigenvalue weighted by molar-refractivity contribution is -0.145. The zero-order chi connectivity index (χ0) is 24.9. The van der Waals surface area contributed by atoms with Gasteiger partial charge in [-0.25, -0.2) is 8.42 Å². The predicted octanol–water partition coefficient (Wildman–Crippen LogP) is 3.11. The van der Waals surface area contributed by atoms with Crippen LogP contribution in [0, 0.1) is 0 Å². The summed E-state index contributed by atoms with van der Waals surface area (Å²) in [4.78, 5) is 24.9. The van der Waals surface area contributed by atoms with Gasteiger partial charge in [-0.05, 0) is 49.4 Å². The molecule has 0 aromatic heterocycles. The van der Waals surface area contributed by atoms with Crippen LogP contribution in [0.3, 0.4) is 0 Å². The number of halogens is 3. The Morgan fingerprint density at radius 1 is 1.03 bits per heavy atom. The van der Waals surface area contributed by atoms with Gasteiger partial charge in [-0.3, -0.25) is 9.59 Å². The summed E-state index contributed by atoms with van der Waals surface area (Å²) in [6.45, 7) is 2.48. The van der Waals surface area contributed by atoms with Crippen LogP contribution in [0.4, 0.5) is 24.5 Å². The van der Waals surface area contributed by atoms with Gasteiger partial charge in [0, 0.05) is 37.6 Å². The third-order valence-corrected chi connectivity index (χ3v) is 7.08. The molecule has 0 spiro atoms. The minimum Gasteiger partial charge on any atom is -0.466 e. The van der Waals surface area contributed by atoms with Crippen molar-refractivity contribution >= 4 is 33.3 Å². The summed E-state index contributed by atoms with van der Waals surface area (Å²) in [5, 5.41) is 2.49. The summed E-state index contributed by atoms with van der Waals surface area (Å²) in [5.74, 6) is -1.25. The first-order chi connectivity index (χ1) is 16.0. The van der Waals surface area contributed by atoms with Crippen molar-refractivity contribution in [1.29, 1.82) is 0 Å². The first-order valence-corrected chi connectivity index (χ1v) is 11.9. The summed E-state index contributed by atoms with van der Waals surface area (Å²) in [5.41, 5.74) is -0.0492. The normalized spacial score (nSPS) is 15.1. The molecule has 0 bridgehead atoms. The van der Waals surface area contributed by atoms with E-state index < -0.39 is 40.1 Å². The number of carbonyl (C=O) groups excluding carboxylic acids is 2. The Kier molecular flexibility index (Phi) is 7.82. The lowest BCUT2D eigenvalue weighted by Crippen LogP contribution is -2.48. The van der Waals surface area contributed by atoms with Crippen LogP contribution in [-0.4, -0.2) is 57.4 Å². The number of sulfonamides is 1. The van der Waals surface area contributed by atoms with E-state index in [0.29, 0.717) is 11.4 Å². The number of nitrogens with one attached hydrogen (secondary N) is 1. The van der Waals surface area contributed by atoms with E-state index in [1.54, 1.807) is 17.9 Å². The number of nitrogens with zero attached hydrogens (tertiary/aromatic N) is 2. The molecule has 0 atom stereocenters. The number of carbonyl (C=O) groups is 2. The Labute approximate surface area is 195 Å². The molecule has 8 nitrogen and oxygen atoms in total.